The molecule has 0 bridgehead atoms. The van der Waals surface area contributed by atoms with Crippen LogP contribution in [0.5, 0.6) is 0 Å². The van der Waals surface area contributed by atoms with Crippen LogP contribution in [0.2, 0.25) is 0 Å². The van der Waals surface area contributed by atoms with Gasteiger partial charge in [-0.25, -0.2) is 9.97 Å². The first kappa shape index (κ1) is 19.4. The van der Waals surface area contributed by atoms with Crippen LogP contribution in [0.1, 0.15) is 35.7 Å². The minimum absolute atomic E-state index is 0.0105. The smallest absolute Gasteiger partial charge is 0.254 e. The van der Waals surface area contributed by atoms with Gasteiger partial charge in [-0.05, 0) is 48.1 Å². The lowest BCUT2D eigenvalue weighted by atomic mass is 9.89. The molecule has 3 aromatic heterocycles. The molecule has 2 N–H and O–H groups in total. The zero-order valence-corrected chi connectivity index (χ0v) is 17.1. The molecule has 7 nitrogen and oxygen atoms in total. The Balaban J connectivity index is 1.44. The van der Waals surface area contributed by atoms with E-state index in [0.717, 1.165) is 35.4 Å². The number of rotatable bonds is 4. The summed E-state index contributed by atoms with van der Waals surface area (Å²) < 4.78 is 13.4. The molecule has 3 aromatic rings. The quantitative estimate of drug-likeness (QED) is 0.632. The van der Waals surface area contributed by atoms with Crippen LogP contribution >= 0.6 is 0 Å². The highest BCUT2D eigenvalue weighted by Crippen LogP contribution is 2.35. The second-order valence-electron chi connectivity index (χ2n) is 8.20. The van der Waals surface area contributed by atoms with Crippen molar-refractivity contribution in [2.45, 2.75) is 19.8 Å². The predicted molar refractivity (Wildman–Crippen MR) is 115 cm³/mol. The molecule has 1 unspecified atom stereocenters. The van der Waals surface area contributed by atoms with Gasteiger partial charge in [-0.15, -0.1) is 0 Å². The van der Waals surface area contributed by atoms with Gasteiger partial charge >= 0.3 is 0 Å². The number of aromatic amines is 1. The van der Waals surface area contributed by atoms with E-state index in [4.69, 9.17) is 0 Å². The summed E-state index contributed by atoms with van der Waals surface area (Å²) in [4.78, 5) is 37.9. The summed E-state index contributed by atoms with van der Waals surface area (Å²) in [6.45, 7) is 2.98. The number of aromatic nitrogens is 3. The summed E-state index contributed by atoms with van der Waals surface area (Å²) in [5.74, 6) is -0.203. The van der Waals surface area contributed by atoms with Crippen LogP contribution in [-0.2, 0) is 4.79 Å². The number of carbonyl (C=O) groups is 2. The Morgan fingerprint density at radius 3 is 2.84 bits per heavy atom. The average Bonchev–Trinajstić information content (AvgIpc) is 3.51. The summed E-state index contributed by atoms with van der Waals surface area (Å²) in [5, 5.41) is 3.90. The summed E-state index contributed by atoms with van der Waals surface area (Å²) in [6.07, 6.45) is 7.01. The number of fused-ring (bicyclic) bond motifs is 1. The number of hydrogen-bond donors (Lipinski definition) is 2. The van der Waals surface area contributed by atoms with Crippen molar-refractivity contribution in [3.8, 4) is 0 Å². The summed E-state index contributed by atoms with van der Waals surface area (Å²) >= 11 is 0. The van der Waals surface area contributed by atoms with Crippen molar-refractivity contribution in [2.75, 3.05) is 18.4 Å². The number of halogens is 1. The van der Waals surface area contributed by atoms with Gasteiger partial charge in [0.15, 0.2) is 0 Å². The maximum Gasteiger partial charge on any atom is 0.254 e. The number of amides is 2. The van der Waals surface area contributed by atoms with Crippen molar-refractivity contribution >= 4 is 34.2 Å². The molecule has 8 heteroatoms. The van der Waals surface area contributed by atoms with Crippen molar-refractivity contribution < 1.29 is 14.0 Å². The zero-order chi connectivity index (χ0) is 21.5. The molecule has 4 heterocycles. The zero-order valence-electron chi connectivity index (χ0n) is 17.1. The van der Waals surface area contributed by atoms with Gasteiger partial charge in [-0.3, -0.25) is 9.59 Å². The fourth-order valence-electron chi connectivity index (χ4n) is 4.09. The topological polar surface area (TPSA) is 91.0 Å². The van der Waals surface area contributed by atoms with E-state index in [2.05, 4.69) is 27.2 Å². The summed E-state index contributed by atoms with van der Waals surface area (Å²) in [6, 6.07) is 6.56. The van der Waals surface area contributed by atoms with E-state index in [9.17, 15) is 14.0 Å². The van der Waals surface area contributed by atoms with Gasteiger partial charge in [0.1, 0.15) is 11.5 Å². The minimum atomic E-state index is -0.667. The molecule has 0 saturated heterocycles. The standard InChI is InChI=1S/C23H22FN5O2/c1-13-12-29(23(31)15-4-7-25-19(24)10-15)9-6-16(13)18-11-20(28-22(30)14-2-3-14)27-21-17(18)5-8-26-21/h4-8,10-11,13-14H,2-3,9,12H2,1H3,(H2,26,27,28,30). The highest BCUT2D eigenvalue weighted by Gasteiger charge is 2.30. The molecule has 1 saturated carbocycles. The van der Waals surface area contributed by atoms with Crippen LogP contribution in [0.25, 0.3) is 16.6 Å². The Hall–Kier alpha value is -3.55. The second-order valence-corrected chi connectivity index (χ2v) is 8.20. The molecule has 2 amide bonds. The van der Waals surface area contributed by atoms with E-state index >= 15 is 0 Å². The van der Waals surface area contributed by atoms with Crippen LogP contribution in [-0.4, -0.2) is 44.8 Å². The maximum atomic E-state index is 13.4. The Morgan fingerprint density at radius 1 is 1.26 bits per heavy atom. The third kappa shape index (κ3) is 3.81. The van der Waals surface area contributed by atoms with Gasteiger partial charge in [0.25, 0.3) is 5.91 Å². The van der Waals surface area contributed by atoms with Gasteiger partial charge in [0.2, 0.25) is 11.9 Å². The number of carbonyl (C=O) groups excluding carboxylic acids is 2. The molecule has 31 heavy (non-hydrogen) atoms. The van der Waals surface area contributed by atoms with E-state index in [1.807, 2.05) is 24.4 Å². The number of anilines is 1. The lowest BCUT2D eigenvalue weighted by molar-refractivity contribution is -0.117. The molecule has 1 atom stereocenters. The molecule has 0 radical (unpaired) electrons. The van der Waals surface area contributed by atoms with E-state index in [-0.39, 0.29) is 23.7 Å². The van der Waals surface area contributed by atoms with Crippen LogP contribution in [0, 0.1) is 17.8 Å². The Morgan fingerprint density at radius 2 is 2.10 bits per heavy atom. The average molecular weight is 419 g/mol. The molecule has 0 spiro atoms. The normalized spacial score (nSPS) is 18.7. The third-order valence-electron chi connectivity index (χ3n) is 5.86. The molecule has 1 fully saturated rings. The van der Waals surface area contributed by atoms with E-state index in [1.165, 1.54) is 12.3 Å². The molecule has 158 valence electrons. The first-order valence-corrected chi connectivity index (χ1v) is 10.4. The molecular formula is C23H22FN5O2. The highest BCUT2D eigenvalue weighted by molar-refractivity contribution is 5.98. The largest absolute Gasteiger partial charge is 0.346 e. The number of nitrogens with one attached hydrogen (secondary N) is 2. The Kier molecular flexibility index (Phi) is 4.77. The van der Waals surface area contributed by atoms with Crippen molar-refractivity contribution in [1.29, 1.82) is 0 Å². The van der Waals surface area contributed by atoms with Crippen LogP contribution in [0.3, 0.4) is 0 Å². The van der Waals surface area contributed by atoms with E-state index in [1.54, 1.807) is 4.90 Å². The maximum absolute atomic E-state index is 13.4. The number of nitrogens with zero attached hydrogens (tertiary/aromatic N) is 3. The summed E-state index contributed by atoms with van der Waals surface area (Å²) in [5.41, 5.74) is 3.09. The molecule has 0 aromatic carbocycles. The molecule has 5 rings (SSSR count). The van der Waals surface area contributed by atoms with Crippen LogP contribution in [0.15, 0.2) is 42.7 Å². The molecule has 2 aliphatic rings. The fourth-order valence-corrected chi connectivity index (χ4v) is 4.09. The van der Waals surface area contributed by atoms with Crippen molar-refractivity contribution in [3.05, 3.63) is 59.8 Å². The van der Waals surface area contributed by atoms with Crippen molar-refractivity contribution in [3.63, 3.8) is 0 Å². The van der Waals surface area contributed by atoms with Crippen LogP contribution < -0.4 is 5.32 Å². The van der Waals surface area contributed by atoms with E-state index in [0.29, 0.717) is 30.1 Å². The van der Waals surface area contributed by atoms with Gasteiger partial charge in [0.05, 0.1) is 0 Å². The third-order valence-corrected chi connectivity index (χ3v) is 5.86. The van der Waals surface area contributed by atoms with Gasteiger partial charge < -0.3 is 15.2 Å². The first-order chi connectivity index (χ1) is 15.0. The number of pyridine rings is 2. The summed E-state index contributed by atoms with van der Waals surface area (Å²) in [7, 11) is 0. The van der Waals surface area contributed by atoms with Crippen LogP contribution in [0.4, 0.5) is 10.2 Å². The lowest BCUT2D eigenvalue weighted by Gasteiger charge is -2.31. The lowest BCUT2D eigenvalue weighted by Crippen LogP contribution is -2.38. The fraction of sp³-hybridized carbons (Fsp3) is 0.304. The highest BCUT2D eigenvalue weighted by atomic mass is 19.1. The van der Waals surface area contributed by atoms with Crippen molar-refractivity contribution in [1.82, 2.24) is 19.9 Å². The molecule has 1 aliphatic carbocycles. The number of H-pyrrole nitrogens is 1. The Bertz CT molecular complexity index is 1210. The molecular weight excluding hydrogens is 397 g/mol. The monoisotopic (exact) mass is 419 g/mol. The predicted octanol–water partition coefficient (Wildman–Crippen LogP) is 3.62. The first-order valence-electron chi connectivity index (χ1n) is 10.4. The minimum Gasteiger partial charge on any atom is -0.346 e. The van der Waals surface area contributed by atoms with Gasteiger partial charge in [0, 0.05) is 48.4 Å². The van der Waals surface area contributed by atoms with Gasteiger partial charge in [-0.2, -0.15) is 4.39 Å². The molecule has 1 aliphatic heterocycles. The Labute approximate surface area is 178 Å². The van der Waals surface area contributed by atoms with Crippen molar-refractivity contribution in [2.24, 2.45) is 11.8 Å². The number of hydrogen-bond acceptors (Lipinski definition) is 4. The SMILES string of the molecule is CC1CN(C(=O)c2ccnc(F)c2)CC=C1c1cc(NC(=O)C2CC2)nc2[nH]ccc12. The second kappa shape index (κ2) is 7.61. The van der Waals surface area contributed by atoms with Gasteiger partial charge in [-0.1, -0.05) is 13.0 Å². The van der Waals surface area contributed by atoms with E-state index < -0.39 is 5.95 Å².